The Bertz CT molecular complexity index is 301. The molecule has 1 atom stereocenters. The Balaban J connectivity index is 2.44. The SMILES string of the molecule is CC1=CNC(=O)C2N=CN=C12. The lowest BCUT2D eigenvalue weighted by Gasteiger charge is -2.15. The van der Waals surface area contributed by atoms with Gasteiger partial charge in [-0.1, -0.05) is 0 Å². The molecule has 11 heavy (non-hydrogen) atoms. The molecule has 0 aromatic rings. The smallest absolute Gasteiger partial charge is 0.255 e. The molecular weight excluding hydrogens is 142 g/mol. The van der Waals surface area contributed by atoms with Gasteiger partial charge in [0, 0.05) is 6.20 Å². The second kappa shape index (κ2) is 2.02. The average molecular weight is 149 g/mol. The third-order valence-corrected chi connectivity index (χ3v) is 1.75. The number of amides is 1. The third kappa shape index (κ3) is 0.790. The fourth-order valence-electron chi connectivity index (χ4n) is 1.15. The molecule has 0 aromatic heterocycles. The van der Waals surface area contributed by atoms with Gasteiger partial charge in [0.15, 0.2) is 6.04 Å². The zero-order valence-corrected chi connectivity index (χ0v) is 6.03. The Morgan fingerprint density at radius 2 is 2.45 bits per heavy atom. The average Bonchev–Trinajstić information content (AvgIpc) is 2.45. The first-order valence-corrected chi connectivity index (χ1v) is 3.36. The molecule has 4 heteroatoms. The molecule has 1 unspecified atom stereocenters. The summed E-state index contributed by atoms with van der Waals surface area (Å²) in [4.78, 5) is 19.0. The van der Waals surface area contributed by atoms with Gasteiger partial charge in [0.2, 0.25) is 0 Å². The highest BCUT2D eigenvalue weighted by Crippen LogP contribution is 2.13. The van der Waals surface area contributed by atoms with Crippen LogP contribution in [-0.4, -0.2) is 24.0 Å². The molecule has 2 aliphatic heterocycles. The Hall–Kier alpha value is -1.45. The quantitative estimate of drug-likeness (QED) is 0.512. The fourth-order valence-corrected chi connectivity index (χ4v) is 1.15. The summed E-state index contributed by atoms with van der Waals surface area (Å²) in [5, 5.41) is 2.61. The first kappa shape index (κ1) is 6.27. The Morgan fingerprint density at radius 1 is 1.64 bits per heavy atom. The van der Waals surface area contributed by atoms with Crippen molar-refractivity contribution in [2.45, 2.75) is 13.0 Å². The number of hydrogen-bond donors (Lipinski definition) is 1. The van der Waals surface area contributed by atoms with Gasteiger partial charge in [0.05, 0.1) is 5.71 Å². The molecule has 0 spiro atoms. The summed E-state index contributed by atoms with van der Waals surface area (Å²) >= 11 is 0. The Labute approximate surface area is 63.7 Å². The predicted octanol–water partition coefficient (Wildman–Crippen LogP) is -0.129. The zero-order valence-electron chi connectivity index (χ0n) is 6.03. The summed E-state index contributed by atoms with van der Waals surface area (Å²) in [6.45, 7) is 1.90. The Morgan fingerprint density at radius 3 is 3.18 bits per heavy atom. The molecule has 0 saturated carbocycles. The van der Waals surface area contributed by atoms with Gasteiger partial charge in [-0.3, -0.25) is 9.79 Å². The van der Waals surface area contributed by atoms with E-state index >= 15 is 0 Å². The highest BCUT2D eigenvalue weighted by atomic mass is 16.2. The molecule has 2 heterocycles. The highest BCUT2D eigenvalue weighted by molar-refractivity contribution is 6.22. The molecule has 56 valence electrons. The predicted molar refractivity (Wildman–Crippen MR) is 41.6 cm³/mol. The van der Waals surface area contributed by atoms with Crippen LogP contribution in [0.15, 0.2) is 21.8 Å². The summed E-state index contributed by atoms with van der Waals surface area (Å²) in [7, 11) is 0. The first-order valence-electron chi connectivity index (χ1n) is 3.36. The van der Waals surface area contributed by atoms with Gasteiger partial charge in [0.1, 0.15) is 6.34 Å². The molecule has 2 rings (SSSR count). The van der Waals surface area contributed by atoms with Crippen molar-refractivity contribution in [3.8, 4) is 0 Å². The molecule has 1 N–H and O–H groups in total. The standard InChI is InChI=1S/C7H7N3O/c1-4-2-8-7(11)6-5(4)9-3-10-6/h2-3,6H,1H3,(H,8,11). The van der Waals surface area contributed by atoms with E-state index in [0.29, 0.717) is 0 Å². The van der Waals surface area contributed by atoms with Gasteiger partial charge < -0.3 is 5.32 Å². The number of hydrogen-bond acceptors (Lipinski definition) is 3. The van der Waals surface area contributed by atoms with Crippen molar-refractivity contribution in [2.24, 2.45) is 9.98 Å². The zero-order chi connectivity index (χ0) is 7.84. The minimum absolute atomic E-state index is 0.0944. The summed E-state index contributed by atoms with van der Waals surface area (Å²) in [6, 6.07) is -0.389. The second-order valence-corrected chi connectivity index (χ2v) is 2.52. The maximum absolute atomic E-state index is 11.1. The number of carbonyl (C=O) groups excluding carboxylic acids is 1. The number of nitrogens with one attached hydrogen (secondary N) is 1. The maximum atomic E-state index is 11.1. The van der Waals surface area contributed by atoms with Gasteiger partial charge in [-0.25, -0.2) is 4.99 Å². The van der Waals surface area contributed by atoms with E-state index in [1.807, 2.05) is 6.92 Å². The van der Waals surface area contributed by atoms with Gasteiger partial charge in [-0.05, 0) is 12.5 Å². The number of aliphatic imine (C=N–C) groups is 2. The highest BCUT2D eigenvalue weighted by Gasteiger charge is 2.29. The number of rotatable bonds is 0. The summed E-state index contributed by atoms with van der Waals surface area (Å²) in [6.07, 6.45) is 3.09. The lowest BCUT2D eigenvalue weighted by Crippen LogP contribution is -2.39. The summed E-state index contributed by atoms with van der Waals surface area (Å²) < 4.78 is 0. The molecule has 0 aromatic carbocycles. The topological polar surface area (TPSA) is 53.8 Å². The van der Waals surface area contributed by atoms with Crippen LogP contribution in [-0.2, 0) is 4.79 Å². The van der Waals surface area contributed by atoms with Gasteiger partial charge in [0.25, 0.3) is 5.91 Å². The van der Waals surface area contributed by atoms with E-state index in [9.17, 15) is 4.79 Å². The van der Waals surface area contributed by atoms with Crippen molar-refractivity contribution in [2.75, 3.05) is 0 Å². The van der Waals surface area contributed by atoms with Gasteiger partial charge >= 0.3 is 0 Å². The van der Waals surface area contributed by atoms with E-state index in [4.69, 9.17) is 0 Å². The fraction of sp³-hybridized carbons (Fsp3) is 0.286. The maximum Gasteiger partial charge on any atom is 0.255 e. The van der Waals surface area contributed by atoms with Crippen LogP contribution < -0.4 is 5.32 Å². The lowest BCUT2D eigenvalue weighted by atomic mass is 10.0. The van der Waals surface area contributed by atoms with Crippen molar-refractivity contribution in [1.82, 2.24) is 5.32 Å². The molecule has 4 nitrogen and oxygen atoms in total. The van der Waals surface area contributed by atoms with E-state index in [2.05, 4.69) is 15.3 Å². The number of fused-ring (bicyclic) bond motifs is 1. The van der Waals surface area contributed by atoms with Crippen molar-refractivity contribution in [3.63, 3.8) is 0 Å². The van der Waals surface area contributed by atoms with E-state index in [0.717, 1.165) is 11.3 Å². The monoisotopic (exact) mass is 149 g/mol. The minimum atomic E-state index is -0.389. The molecule has 0 radical (unpaired) electrons. The van der Waals surface area contributed by atoms with Gasteiger partial charge in [-0.2, -0.15) is 0 Å². The molecule has 0 aliphatic carbocycles. The van der Waals surface area contributed by atoms with E-state index in [-0.39, 0.29) is 11.9 Å². The van der Waals surface area contributed by atoms with Crippen molar-refractivity contribution in [3.05, 3.63) is 11.8 Å². The van der Waals surface area contributed by atoms with Crippen molar-refractivity contribution < 1.29 is 4.79 Å². The van der Waals surface area contributed by atoms with Crippen LogP contribution in [0, 0.1) is 0 Å². The van der Waals surface area contributed by atoms with Gasteiger partial charge in [-0.15, -0.1) is 0 Å². The summed E-state index contributed by atoms with van der Waals surface area (Å²) in [5.41, 5.74) is 1.75. The van der Waals surface area contributed by atoms with E-state index in [1.165, 1.54) is 6.34 Å². The van der Waals surface area contributed by atoms with Crippen LogP contribution in [0.2, 0.25) is 0 Å². The van der Waals surface area contributed by atoms with E-state index in [1.54, 1.807) is 6.20 Å². The van der Waals surface area contributed by atoms with Crippen LogP contribution in [0.1, 0.15) is 6.92 Å². The van der Waals surface area contributed by atoms with Crippen LogP contribution in [0.5, 0.6) is 0 Å². The normalized spacial score (nSPS) is 27.4. The third-order valence-electron chi connectivity index (χ3n) is 1.75. The van der Waals surface area contributed by atoms with Crippen LogP contribution >= 0.6 is 0 Å². The Kier molecular flexibility index (Phi) is 1.15. The van der Waals surface area contributed by atoms with Crippen LogP contribution in [0.3, 0.4) is 0 Å². The second-order valence-electron chi connectivity index (χ2n) is 2.52. The van der Waals surface area contributed by atoms with E-state index < -0.39 is 0 Å². The molecule has 2 aliphatic rings. The summed E-state index contributed by atoms with van der Waals surface area (Å²) in [5.74, 6) is -0.0944. The molecular formula is C7H7N3O. The first-order chi connectivity index (χ1) is 5.29. The number of carbonyl (C=O) groups is 1. The molecule has 0 bridgehead atoms. The van der Waals surface area contributed by atoms with Crippen molar-refractivity contribution in [1.29, 1.82) is 0 Å². The molecule has 0 fully saturated rings. The van der Waals surface area contributed by atoms with Crippen LogP contribution in [0.25, 0.3) is 0 Å². The minimum Gasteiger partial charge on any atom is -0.330 e. The van der Waals surface area contributed by atoms with Crippen molar-refractivity contribution >= 4 is 18.0 Å². The largest absolute Gasteiger partial charge is 0.330 e. The van der Waals surface area contributed by atoms with Crippen LogP contribution in [0.4, 0.5) is 0 Å². The molecule has 0 saturated heterocycles. The number of nitrogens with zero attached hydrogens (tertiary/aromatic N) is 2. The lowest BCUT2D eigenvalue weighted by molar-refractivity contribution is -0.120. The molecule has 1 amide bonds.